The molecule has 168 valence electrons. The minimum absolute atomic E-state index is 0. The molecule has 0 fully saturated rings. The van der Waals surface area contributed by atoms with Crippen LogP contribution in [0.5, 0.6) is 0 Å². The van der Waals surface area contributed by atoms with E-state index in [9.17, 15) is 0 Å². The van der Waals surface area contributed by atoms with Crippen molar-refractivity contribution in [2.75, 3.05) is 11.5 Å². The first-order valence-corrected chi connectivity index (χ1v) is 12.7. The first kappa shape index (κ1) is 28.4. The van der Waals surface area contributed by atoms with Gasteiger partial charge in [-0.3, -0.25) is 4.98 Å². The van der Waals surface area contributed by atoms with Crippen molar-refractivity contribution in [1.82, 2.24) is 25.1 Å². The largest absolute Gasteiger partial charge is 0.333 e. The van der Waals surface area contributed by atoms with E-state index in [4.69, 9.17) is 0 Å². The molecule has 0 aliphatic heterocycles. The average molecular weight is 555 g/mol. The van der Waals surface area contributed by atoms with Crippen LogP contribution < -0.4 is 0 Å². The van der Waals surface area contributed by atoms with Gasteiger partial charge in [0.25, 0.3) is 0 Å². The Balaban J connectivity index is 0.00000160. The summed E-state index contributed by atoms with van der Waals surface area (Å²) in [6.45, 7) is 2.17. The van der Waals surface area contributed by atoms with Crippen LogP contribution in [-0.2, 0) is 5.75 Å². The molecule has 31 heavy (non-hydrogen) atoms. The maximum Gasteiger partial charge on any atom is 0.174 e. The third-order valence-electron chi connectivity index (χ3n) is 4.08. The highest BCUT2D eigenvalue weighted by Crippen LogP contribution is 2.29. The third kappa shape index (κ3) is 7.99. The molecule has 1 aromatic carbocycles. The molecule has 0 atom stereocenters. The van der Waals surface area contributed by atoms with Crippen LogP contribution in [0.25, 0.3) is 11.0 Å². The lowest BCUT2D eigenvalue weighted by Crippen LogP contribution is -1.95. The predicted molar refractivity (Wildman–Crippen MR) is 142 cm³/mol. The van der Waals surface area contributed by atoms with E-state index in [1.54, 1.807) is 40.4 Å². The van der Waals surface area contributed by atoms with E-state index in [1.165, 1.54) is 10.5 Å². The van der Waals surface area contributed by atoms with Gasteiger partial charge in [0, 0.05) is 22.6 Å². The molecule has 3 aromatic heterocycles. The fraction of sp³-hybridized carbons (Fsp3) is 0.263. The molecule has 0 bridgehead atoms. The number of imidazole rings is 1. The highest BCUT2D eigenvalue weighted by molar-refractivity contribution is 8.01. The molecule has 0 saturated heterocycles. The van der Waals surface area contributed by atoms with Gasteiger partial charge in [0.15, 0.2) is 9.50 Å². The first-order valence-electron chi connectivity index (χ1n) is 8.83. The smallest absolute Gasteiger partial charge is 0.174 e. The highest BCUT2D eigenvalue weighted by Gasteiger charge is 2.09. The molecular weight excluding hydrogens is 533 g/mol. The van der Waals surface area contributed by atoms with E-state index in [-0.39, 0.29) is 37.2 Å². The number of hydrogen-bond acceptors (Lipinski definition) is 8. The molecule has 0 saturated carbocycles. The van der Waals surface area contributed by atoms with Gasteiger partial charge in [-0.15, -0.1) is 59.2 Å². The maximum atomic E-state index is 4.63. The van der Waals surface area contributed by atoms with Crippen LogP contribution in [0.1, 0.15) is 17.7 Å². The number of fused-ring (bicyclic) bond motifs is 1. The van der Waals surface area contributed by atoms with Crippen molar-refractivity contribution >= 4 is 94.9 Å². The van der Waals surface area contributed by atoms with E-state index < -0.39 is 0 Å². The second-order valence-electron chi connectivity index (χ2n) is 5.98. The summed E-state index contributed by atoms with van der Waals surface area (Å²) < 4.78 is 1.05. The molecule has 0 aliphatic carbocycles. The highest BCUT2D eigenvalue weighted by atomic mass is 35.5. The molecule has 5 nitrogen and oxygen atoms in total. The minimum Gasteiger partial charge on any atom is -0.333 e. The lowest BCUT2D eigenvalue weighted by Gasteiger charge is -2.09. The van der Waals surface area contributed by atoms with Crippen molar-refractivity contribution in [3.05, 3.63) is 53.3 Å². The Morgan fingerprint density at radius 2 is 1.81 bits per heavy atom. The van der Waals surface area contributed by atoms with Gasteiger partial charge in [-0.1, -0.05) is 47.0 Å². The normalized spacial score (nSPS) is 10.2. The van der Waals surface area contributed by atoms with Crippen molar-refractivity contribution in [3.8, 4) is 0 Å². The van der Waals surface area contributed by atoms with E-state index in [0.717, 1.165) is 49.9 Å². The van der Waals surface area contributed by atoms with Crippen LogP contribution in [0.2, 0.25) is 0 Å². The Kier molecular flexibility index (Phi) is 13.2. The van der Waals surface area contributed by atoms with Gasteiger partial charge in [0.1, 0.15) is 5.51 Å². The quantitative estimate of drug-likeness (QED) is 0.177. The number of H-pyrrole nitrogens is 1. The van der Waals surface area contributed by atoms with Crippen LogP contribution >= 0.6 is 83.8 Å². The van der Waals surface area contributed by atoms with Crippen molar-refractivity contribution in [3.63, 3.8) is 0 Å². The molecule has 3 heterocycles. The zero-order chi connectivity index (χ0) is 19.2. The van der Waals surface area contributed by atoms with Crippen LogP contribution in [0, 0.1) is 6.92 Å². The SMILES string of the molecule is Cc1c(SCCCSc2nncs2)ccnc1CSc1nc2ccccc2[nH]1.Cl.Cl.Cl. The number of rotatable bonds is 9. The topological polar surface area (TPSA) is 67.3 Å². The van der Waals surface area contributed by atoms with Crippen molar-refractivity contribution in [1.29, 1.82) is 0 Å². The zero-order valence-electron chi connectivity index (χ0n) is 16.5. The Morgan fingerprint density at radius 3 is 2.58 bits per heavy atom. The van der Waals surface area contributed by atoms with Crippen LogP contribution in [0.3, 0.4) is 0 Å². The molecule has 0 unspecified atom stereocenters. The minimum atomic E-state index is 0. The van der Waals surface area contributed by atoms with Gasteiger partial charge in [-0.2, -0.15) is 0 Å². The number of hydrogen-bond donors (Lipinski definition) is 1. The lowest BCUT2D eigenvalue weighted by atomic mass is 10.2. The van der Waals surface area contributed by atoms with Crippen molar-refractivity contribution < 1.29 is 0 Å². The summed E-state index contributed by atoms with van der Waals surface area (Å²) in [5, 5.41) is 8.87. The Bertz CT molecular complexity index is 1010. The molecule has 4 aromatic rings. The molecule has 1 N–H and O–H groups in total. The third-order valence-corrected chi connectivity index (χ3v) is 8.16. The van der Waals surface area contributed by atoms with E-state index in [0.29, 0.717) is 0 Å². The van der Waals surface area contributed by atoms with Gasteiger partial charge in [-0.05, 0) is 42.9 Å². The van der Waals surface area contributed by atoms with E-state index >= 15 is 0 Å². The average Bonchev–Trinajstić information content (AvgIpc) is 3.37. The summed E-state index contributed by atoms with van der Waals surface area (Å²) >= 11 is 6.99. The van der Waals surface area contributed by atoms with Crippen LogP contribution in [0.15, 0.2) is 56.4 Å². The second kappa shape index (κ2) is 14.5. The zero-order valence-corrected chi connectivity index (χ0v) is 22.2. The number of benzene rings is 1. The fourth-order valence-corrected chi connectivity index (χ4v) is 6.21. The molecule has 12 heteroatoms. The Hall–Kier alpha value is -0.680. The number of aromatic nitrogens is 5. The number of nitrogens with one attached hydrogen (secondary N) is 1. The summed E-state index contributed by atoms with van der Waals surface area (Å²) in [7, 11) is 0. The second-order valence-corrected chi connectivity index (χ2v) is 10.3. The van der Waals surface area contributed by atoms with Crippen LogP contribution in [0.4, 0.5) is 0 Å². The maximum absolute atomic E-state index is 4.63. The number of aromatic amines is 1. The van der Waals surface area contributed by atoms with E-state index in [2.05, 4.69) is 44.2 Å². The number of halogens is 3. The lowest BCUT2D eigenvalue weighted by molar-refractivity contribution is 1.01. The molecule has 4 rings (SSSR count). The van der Waals surface area contributed by atoms with Gasteiger partial charge in [0.05, 0.1) is 16.7 Å². The van der Waals surface area contributed by atoms with Gasteiger partial charge < -0.3 is 4.98 Å². The number of nitrogens with zero attached hydrogens (tertiary/aromatic N) is 4. The van der Waals surface area contributed by atoms with Gasteiger partial charge in [0.2, 0.25) is 0 Å². The van der Waals surface area contributed by atoms with Crippen molar-refractivity contribution in [2.45, 2.75) is 33.5 Å². The summed E-state index contributed by atoms with van der Waals surface area (Å²) in [6.07, 6.45) is 3.06. The standard InChI is InChI=1S/C19H19N5S4.3ClH/c1-13-16(11-27-18-22-14-5-2-3-6-15(14)23-18)20-8-7-17(13)25-9-4-10-26-19-24-21-12-28-19;;;/h2-3,5-8,12H,4,9-11H2,1H3,(H,22,23);3*1H. The molecule has 0 radical (unpaired) electrons. The Morgan fingerprint density at radius 1 is 1.00 bits per heavy atom. The first-order chi connectivity index (χ1) is 13.8. The summed E-state index contributed by atoms with van der Waals surface area (Å²) in [5.74, 6) is 2.97. The summed E-state index contributed by atoms with van der Waals surface area (Å²) in [5.41, 5.74) is 6.25. The molecule has 0 spiro atoms. The molecular formula is C19H22Cl3N5S4. The number of pyridine rings is 1. The summed E-state index contributed by atoms with van der Waals surface area (Å²) in [4.78, 5) is 13.9. The molecule has 0 aliphatic rings. The number of thioether (sulfide) groups is 3. The monoisotopic (exact) mass is 553 g/mol. The van der Waals surface area contributed by atoms with Crippen LogP contribution in [-0.4, -0.2) is 36.7 Å². The van der Waals surface area contributed by atoms with Gasteiger partial charge >= 0.3 is 0 Å². The van der Waals surface area contributed by atoms with Gasteiger partial charge in [-0.25, -0.2) is 4.98 Å². The fourth-order valence-electron chi connectivity index (χ4n) is 2.62. The predicted octanol–water partition coefficient (Wildman–Crippen LogP) is 6.95. The van der Waals surface area contributed by atoms with Crippen molar-refractivity contribution in [2.24, 2.45) is 0 Å². The van der Waals surface area contributed by atoms with E-state index in [1.807, 2.05) is 36.2 Å². The molecule has 0 amide bonds. The number of para-hydroxylation sites is 2. The summed E-state index contributed by atoms with van der Waals surface area (Å²) in [6, 6.07) is 10.2. The Labute approximate surface area is 217 Å².